The summed E-state index contributed by atoms with van der Waals surface area (Å²) < 4.78 is 27.7. The minimum absolute atomic E-state index is 0.0701. The Morgan fingerprint density at radius 3 is 2.54 bits per heavy atom. The zero-order valence-corrected chi connectivity index (χ0v) is 14.2. The second-order valence-electron chi connectivity index (χ2n) is 6.17. The van der Waals surface area contributed by atoms with E-state index >= 15 is 0 Å². The molecule has 2 aliphatic rings. The molecule has 4 rings (SSSR count). The van der Waals surface area contributed by atoms with Gasteiger partial charge in [0, 0.05) is 6.07 Å². The number of nitrogen functional groups attached to an aromatic ring is 1. The second-order valence-corrected chi connectivity index (χ2v) is 8.13. The molecule has 4 N–H and O–H groups in total. The van der Waals surface area contributed by atoms with Crippen molar-refractivity contribution in [3.63, 3.8) is 0 Å². The molecule has 0 atom stereocenters. The molecule has 2 heterocycles. The molecular weight excluding hydrogens is 360 g/mol. The number of aromatic nitrogens is 1. The third kappa shape index (κ3) is 2.54. The van der Waals surface area contributed by atoms with Crippen molar-refractivity contribution in [1.29, 1.82) is 0 Å². The number of benzene rings is 1. The Kier molecular flexibility index (Phi) is 3.41. The summed E-state index contributed by atoms with van der Waals surface area (Å²) in [5, 5.41) is 1.69. The van der Waals surface area contributed by atoms with E-state index in [9.17, 15) is 22.8 Å². The summed E-state index contributed by atoms with van der Waals surface area (Å²) in [7, 11) is -3.46. The minimum Gasteiger partial charge on any atom is -0.384 e. The van der Waals surface area contributed by atoms with Gasteiger partial charge < -0.3 is 5.73 Å². The summed E-state index contributed by atoms with van der Waals surface area (Å²) in [5.74, 6) is -1.54. The van der Waals surface area contributed by atoms with Crippen molar-refractivity contribution < 1.29 is 18.0 Å². The van der Waals surface area contributed by atoms with Crippen LogP contribution in [0.2, 0.25) is 0 Å². The highest BCUT2D eigenvalue weighted by Crippen LogP contribution is 2.30. The molecule has 0 spiro atoms. The Bertz CT molecular complexity index is 1130. The Morgan fingerprint density at radius 1 is 1.12 bits per heavy atom. The highest BCUT2D eigenvalue weighted by molar-refractivity contribution is 7.93. The zero-order chi connectivity index (χ0) is 18.6. The number of amides is 2. The number of fused-ring (bicyclic) bond motifs is 1. The molecule has 1 aromatic carbocycles. The summed E-state index contributed by atoms with van der Waals surface area (Å²) in [4.78, 5) is 36.0. The maximum Gasteiger partial charge on any atom is 0.262 e. The number of pyridine rings is 1. The Labute approximate surface area is 147 Å². The first-order valence-electron chi connectivity index (χ1n) is 7.81. The van der Waals surface area contributed by atoms with Crippen LogP contribution in [0.4, 0.5) is 11.5 Å². The predicted octanol–water partition coefficient (Wildman–Crippen LogP) is 0.207. The van der Waals surface area contributed by atoms with Gasteiger partial charge in [0.05, 0.1) is 27.8 Å². The first kappa shape index (κ1) is 16.3. The maximum absolute atomic E-state index is 12.4. The molecule has 26 heavy (non-hydrogen) atoms. The normalized spacial score (nSPS) is 16.3. The van der Waals surface area contributed by atoms with Crippen LogP contribution >= 0.6 is 0 Å². The van der Waals surface area contributed by atoms with Gasteiger partial charge in [0.1, 0.15) is 5.82 Å². The second kappa shape index (κ2) is 5.43. The van der Waals surface area contributed by atoms with Gasteiger partial charge >= 0.3 is 0 Å². The van der Waals surface area contributed by atoms with Gasteiger partial charge in [-0.25, -0.2) is 8.42 Å². The van der Waals surface area contributed by atoms with E-state index in [-0.39, 0.29) is 28.3 Å². The van der Waals surface area contributed by atoms with Crippen molar-refractivity contribution in [1.82, 2.24) is 9.88 Å². The van der Waals surface area contributed by atoms with Gasteiger partial charge in [-0.15, -0.1) is 0 Å². The molecule has 2 aromatic rings. The number of imide groups is 1. The van der Waals surface area contributed by atoms with E-state index in [1.54, 1.807) is 18.2 Å². The van der Waals surface area contributed by atoms with E-state index in [4.69, 9.17) is 5.73 Å². The molecule has 9 nitrogen and oxygen atoms in total. The fraction of sp³-hybridized carbons (Fsp3) is 0.188. The molecule has 0 unspecified atom stereocenters. The molecule has 1 aromatic heterocycles. The highest BCUT2D eigenvalue weighted by Gasteiger charge is 2.36. The Morgan fingerprint density at radius 2 is 1.85 bits per heavy atom. The lowest BCUT2D eigenvalue weighted by molar-refractivity contribution is 0.0880. The molecule has 2 amide bonds. The van der Waals surface area contributed by atoms with Crippen molar-refractivity contribution in [2.24, 2.45) is 0 Å². The first-order valence-corrected chi connectivity index (χ1v) is 9.36. The van der Waals surface area contributed by atoms with Crippen LogP contribution in [0.3, 0.4) is 0 Å². The fourth-order valence-electron chi connectivity index (χ4n) is 2.88. The highest BCUT2D eigenvalue weighted by atomic mass is 32.2. The summed E-state index contributed by atoms with van der Waals surface area (Å²) in [5.41, 5.74) is 5.78. The number of hydrogen-bond donors (Lipinski definition) is 3. The minimum atomic E-state index is -3.46. The number of nitrogens with one attached hydrogen (secondary N) is 2. The summed E-state index contributed by atoms with van der Waals surface area (Å²) >= 11 is 0. The van der Waals surface area contributed by atoms with Gasteiger partial charge in [0.2, 0.25) is 10.0 Å². The van der Waals surface area contributed by atoms with E-state index in [1.807, 2.05) is 0 Å². The van der Waals surface area contributed by atoms with E-state index in [0.717, 1.165) is 10.6 Å². The molecular formula is C16H14N4O5S. The Hall–Kier alpha value is -3.14. The van der Waals surface area contributed by atoms with Crippen LogP contribution in [0.1, 0.15) is 33.6 Å². The average Bonchev–Trinajstić information content (AvgIpc) is 3.35. The number of sulfonamides is 1. The zero-order valence-electron chi connectivity index (χ0n) is 13.4. The van der Waals surface area contributed by atoms with E-state index < -0.39 is 32.6 Å². The molecule has 0 bridgehead atoms. The van der Waals surface area contributed by atoms with Crippen molar-refractivity contribution >= 4 is 33.3 Å². The molecule has 0 saturated heterocycles. The number of nitrogens with two attached hydrogens (primary N) is 1. The summed E-state index contributed by atoms with van der Waals surface area (Å²) in [6.45, 7) is 0. The molecule has 0 radical (unpaired) electrons. The van der Waals surface area contributed by atoms with Gasteiger partial charge in [-0.05, 0) is 31.0 Å². The van der Waals surface area contributed by atoms with Gasteiger partial charge in [-0.3, -0.25) is 29.0 Å². The van der Waals surface area contributed by atoms with Crippen LogP contribution in [-0.2, 0) is 10.0 Å². The molecule has 10 heteroatoms. The number of hydrogen-bond acceptors (Lipinski definition) is 6. The fourth-order valence-corrected chi connectivity index (χ4v) is 4.26. The molecule has 1 fully saturated rings. The maximum atomic E-state index is 12.4. The quantitative estimate of drug-likeness (QED) is 0.653. The lowest BCUT2D eigenvalue weighted by Gasteiger charge is -2.13. The Balaban J connectivity index is 1.81. The average molecular weight is 374 g/mol. The predicted molar refractivity (Wildman–Crippen MR) is 93.8 cm³/mol. The van der Waals surface area contributed by atoms with Gasteiger partial charge in [0.25, 0.3) is 17.4 Å². The number of rotatable bonds is 4. The van der Waals surface area contributed by atoms with Crippen molar-refractivity contribution in [3.8, 4) is 5.69 Å². The molecule has 134 valence electrons. The van der Waals surface area contributed by atoms with E-state index in [2.05, 4.69) is 10.0 Å². The van der Waals surface area contributed by atoms with Crippen LogP contribution in [0.5, 0.6) is 0 Å². The largest absolute Gasteiger partial charge is 0.384 e. The van der Waals surface area contributed by atoms with Crippen LogP contribution in [0, 0.1) is 0 Å². The van der Waals surface area contributed by atoms with Crippen LogP contribution in [0.25, 0.3) is 5.69 Å². The standard InChI is InChI=1S/C16H14N4O5S/c17-14-13-11(15(22)18-16(13)23)7-12(21)20(14)9-3-1-2-8(6-9)19-26(24,25)10-4-5-10/h1-3,6-7,10,19H,4-5,17H2,(H,18,22,23). The van der Waals surface area contributed by atoms with Crippen LogP contribution in [0.15, 0.2) is 35.1 Å². The van der Waals surface area contributed by atoms with Crippen molar-refractivity contribution in [2.75, 3.05) is 10.5 Å². The SMILES string of the molecule is Nc1c2c(cc(=O)n1-c1cccc(NS(=O)(=O)C3CC3)c1)C(=O)NC2=O. The molecule has 1 saturated carbocycles. The lowest BCUT2D eigenvalue weighted by atomic mass is 10.1. The van der Waals surface area contributed by atoms with Gasteiger partial charge in [-0.2, -0.15) is 0 Å². The van der Waals surface area contributed by atoms with Crippen molar-refractivity contribution in [3.05, 3.63) is 51.8 Å². The number of carbonyl (C=O) groups excluding carboxylic acids is 2. The van der Waals surface area contributed by atoms with E-state index in [1.165, 1.54) is 6.07 Å². The topological polar surface area (TPSA) is 140 Å². The van der Waals surface area contributed by atoms with E-state index in [0.29, 0.717) is 12.8 Å². The van der Waals surface area contributed by atoms with Gasteiger partial charge in [-0.1, -0.05) is 6.07 Å². The molecule has 1 aliphatic heterocycles. The number of nitrogens with zero attached hydrogens (tertiary/aromatic N) is 1. The van der Waals surface area contributed by atoms with Gasteiger partial charge in [0.15, 0.2) is 0 Å². The number of anilines is 2. The third-order valence-corrected chi connectivity index (χ3v) is 6.15. The molecule has 1 aliphatic carbocycles. The number of carbonyl (C=O) groups is 2. The monoisotopic (exact) mass is 374 g/mol. The smallest absolute Gasteiger partial charge is 0.262 e. The van der Waals surface area contributed by atoms with Crippen LogP contribution in [-0.4, -0.2) is 30.0 Å². The van der Waals surface area contributed by atoms with Crippen LogP contribution < -0.4 is 21.3 Å². The third-order valence-electron chi connectivity index (χ3n) is 4.28. The van der Waals surface area contributed by atoms with Crippen molar-refractivity contribution in [2.45, 2.75) is 18.1 Å². The first-order chi connectivity index (χ1) is 12.3. The lowest BCUT2D eigenvalue weighted by Crippen LogP contribution is -2.24. The summed E-state index contributed by atoms with van der Waals surface area (Å²) in [6.07, 6.45) is 1.24. The summed E-state index contributed by atoms with van der Waals surface area (Å²) in [6, 6.07) is 7.14.